The minimum absolute atomic E-state index is 0.256. The van der Waals surface area contributed by atoms with E-state index < -0.39 is 0 Å². The molecule has 0 radical (unpaired) electrons. The van der Waals surface area contributed by atoms with E-state index in [-0.39, 0.29) is 6.01 Å². The monoisotopic (exact) mass is 217 g/mol. The average molecular weight is 217 g/mol. The van der Waals surface area contributed by atoms with Gasteiger partial charge in [0.05, 0.1) is 7.11 Å². The number of nitrogens with two attached hydrogens (primary N) is 1. The Kier molecular flexibility index (Phi) is 2.86. The number of nitrogens with zero attached hydrogens (tertiary/aromatic N) is 2. The zero-order chi connectivity index (χ0) is 11.4. The van der Waals surface area contributed by atoms with Gasteiger partial charge in [0.2, 0.25) is 0 Å². The van der Waals surface area contributed by atoms with Crippen LogP contribution < -0.4 is 15.2 Å². The maximum absolute atomic E-state index is 5.66. The molecular formula is C11H11N3O2. The summed E-state index contributed by atoms with van der Waals surface area (Å²) < 4.78 is 10.6. The van der Waals surface area contributed by atoms with Crippen LogP contribution in [0.3, 0.4) is 0 Å². The van der Waals surface area contributed by atoms with Crippen molar-refractivity contribution in [2.45, 2.75) is 0 Å². The first-order valence-corrected chi connectivity index (χ1v) is 4.68. The summed E-state index contributed by atoms with van der Waals surface area (Å²) in [4.78, 5) is 7.90. The molecule has 82 valence electrons. The molecule has 16 heavy (non-hydrogen) atoms. The minimum atomic E-state index is 0.256. The van der Waals surface area contributed by atoms with Crippen LogP contribution in [0, 0.1) is 0 Å². The third-order valence-corrected chi connectivity index (χ3v) is 1.93. The molecule has 0 atom stereocenters. The average Bonchev–Trinajstić information content (AvgIpc) is 2.31. The first-order valence-electron chi connectivity index (χ1n) is 4.68. The fourth-order valence-corrected chi connectivity index (χ4v) is 1.21. The minimum Gasteiger partial charge on any atom is -0.493 e. The third kappa shape index (κ3) is 2.20. The van der Waals surface area contributed by atoms with Crippen LogP contribution in [0.1, 0.15) is 0 Å². The first-order chi connectivity index (χ1) is 7.79. The van der Waals surface area contributed by atoms with Crippen molar-refractivity contribution < 1.29 is 9.47 Å². The van der Waals surface area contributed by atoms with E-state index in [4.69, 9.17) is 15.2 Å². The van der Waals surface area contributed by atoms with E-state index in [2.05, 4.69) is 9.97 Å². The molecule has 1 aromatic heterocycles. The number of anilines is 1. The molecule has 2 N–H and O–H groups in total. The molecule has 0 fully saturated rings. The summed E-state index contributed by atoms with van der Waals surface area (Å²) >= 11 is 0. The Morgan fingerprint density at radius 2 is 1.88 bits per heavy atom. The number of aromatic nitrogens is 2. The highest BCUT2D eigenvalue weighted by molar-refractivity contribution is 5.52. The topological polar surface area (TPSA) is 70.3 Å². The SMILES string of the molecule is COc1ccc(N)cc1Oc1ncccn1. The Hall–Kier alpha value is -2.30. The standard InChI is InChI=1S/C11H11N3O2/c1-15-9-4-3-8(12)7-10(9)16-11-13-5-2-6-14-11/h2-7H,12H2,1H3. The molecule has 0 aliphatic heterocycles. The summed E-state index contributed by atoms with van der Waals surface area (Å²) in [6.45, 7) is 0. The van der Waals surface area contributed by atoms with Crippen molar-refractivity contribution in [3.05, 3.63) is 36.7 Å². The number of benzene rings is 1. The van der Waals surface area contributed by atoms with Crippen LogP contribution in [0.2, 0.25) is 0 Å². The van der Waals surface area contributed by atoms with Gasteiger partial charge in [-0.3, -0.25) is 0 Å². The van der Waals surface area contributed by atoms with Crippen molar-refractivity contribution in [1.82, 2.24) is 9.97 Å². The fraction of sp³-hybridized carbons (Fsp3) is 0.0909. The second-order valence-corrected chi connectivity index (χ2v) is 3.04. The summed E-state index contributed by atoms with van der Waals surface area (Å²) in [6, 6.07) is 7.09. The van der Waals surface area contributed by atoms with Gasteiger partial charge in [0.1, 0.15) is 0 Å². The van der Waals surface area contributed by atoms with E-state index >= 15 is 0 Å². The van der Waals surface area contributed by atoms with Crippen molar-refractivity contribution >= 4 is 5.69 Å². The molecule has 5 heteroatoms. The lowest BCUT2D eigenvalue weighted by atomic mass is 10.3. The summed E-state index contributed by atoms with van der Waals surface area (Å²) in [5.74, 6) is 1.08. The van der Waals surface area contributed by atoms with Crippen LogP contribution in [-0.2, 0) is 0 Å². The van der Waals surface area contributed by atoms with Crippen molar-refractivity contribution in [1.29, 1.82) is 0 Å². The normalized spacial score (nSPS) is 9.81. The van der Waals surface area contributed by atoms with Crippen LogP contribution in [0.4, 0.5) is 5.69 Å². The Bertz CT molecular complexity index is 474. The molecule has 0 amide bonds. The van der Waals surface area contributed by atoms with Crippen molar-refractivity contribution in [3.8, 4) is 17.5 Å². The van der Waals surface area contributed by atoms with Crippen molar-refractivity contribution in [2.24, 2.45) is 0 Å². The van der Waals surface area contributed by atoms with E-state index in [0.717, 1.165) is 0 Å². The highest BCUT2D eigenvalue weighted by Gasteiger charge is 2.07. The highest BCUT2D eigenvalue weighted by Crippen LogP contribution is 2.31. The van der Waals surface area contributed by atoms with Gasteiger partial charge in [0.15, 0.2) is 11.5 Å². The molecule has 2 aromatic rings. The fourth-order valence-electron chi connectivity index (χ4n) is 1.21. The van der Waals surface area contributed by atoms with Gasteiger partial charge in [-0.2, -0.15) is 0 Å². The van der Waals surface area contributed by atoms with Gasteiger partial charge in [-0.05, 0) is 18.2 Å². The zero-order valence-electron chi connectivity index (χ0n) is 8.75. The van der Waals surface area contributed by atoms with Crippen LogP contribution in [-0.4, -0.2) is 17.1 Å². The number of methoxy groups -OCH3 is 1. The molecule has 2 rings (SSSR count). The number of hydrogen-bond acceptors (Lipinski definition) is 5. The van der Waals surface area contributed by atoms with Gasteiger partial charge >= 0.3 is 6.01 Å². The summed E-state index contributed by atoms with van der Waals surface area (Å²) in [6.07, 6.45) is 3.20. The Morgan fingerprint density at radius 1 is 1.12 bits per heavy atom. The molecule has 0 spiro atoms. The van der Waals surface area contributed by atoms with Crippen molar-refractivity contribution in [3.63, 3.8) is 0 Å². The third-order valence-electron chi connectivity index (χ3n) is 1.93. The Labute approximate surface area is 92.9 Å². The lowest BCUT2D eigenvalue weighted by Gasteiger charge is -2.08. The summed E-state index contributed by atoms with van der Waals surface area (Å²) in [5, 5.41) is 0. The Balaban J connectivity index is 2.30. The van der Waals surface area contributed by atoms with Gasteiger partial charge in [0, 0.05) is 24.1 Å². The molecule has 5 nitrogen and oxygen atoms in total. The molecule has 0 saturated heterocycles. The quantitative estimate of drug-likeness (QED) is 0.794. The Morgan fingerprint density at radius 3 is 2.56 bits per heavy atom. The largest absolute Gasteiger partial charge is 0.493 e. The predicted molar refractivity (Wildman–Crippen MR) is 59.5 cm³/mol. The number of hydrogen-bond donors (Lipinski definition) is 1. The summed E-state index contributed by atoms with van der Waals surface area (Å²) in [5.41, 5.74) is 6.25. The zero-order valence-corrected chi connectivity index (χ0v) is 8.75. The van der Waals surface area contributed by atoms with Crippen molar-refractivity contribution in [2.75, 3.05) is 12.8 Å². The molecule has 0 aliphatic carbocycles. The first kappa shape index (κ1) is 10.2. The van der Waals surface area contributed by atoms with Crippen LogP contribution in [0.25, 0.3) is 0 Å². The second kappa shape index (κ2) is 4.48. The van der Waals surface area contributed by atoms with Gasteiger partial charge in [-0.15, -0.1) is 0 Å². The van der Waals surface area contributed by atoms with E-state index in [1.165, 1.54) is 0 Å². The van der Waals surface area contributed by atoms with E-state index in [1.807, 2.05) is 0 Å². The lowest BCUT2D eigenvalue weighted by Crippen LogP contribution is -1.95. The van der Waals surface area contributed by atoms with E-state index in [0.29, 0.717) is 17.2 Å². The number of nitrogen functional groups attached to an aromatic ring is 1. The van der Waals surface area contributed by atoms with Gasteiger partial charge in [-0.1, -0.05) is 0 Å². The van der Waals surface area contributed by atoms with E-state index in [9.17, 15) is 0 Å². The maximum atomic E-state index is 5.66. The molecule has 0 saturated carbocycles. The van der Waals surface area contributed by atoms with Gasteiger partial charge in [-0.25, -0.2) is 9.97 Å². The van der Waals surface area contributed by atoms with Gasteiger partial charge in [0.25, 0.3) is 0 Å². The smallest absolute Gasteiger partial charge is 0.321 e. The molecule has 0 aliphatic rings. The molecule has 0 bridgehead atoms. The van der Waals surface area contributed by atoms with Crippen LogP contribution in [0.5, 0.6) is 17.5 Å². The summed E-state index contributed by atoms with van der Waals surface area (Å²) in [7, 11) is 1.56. The van der Waals surface area contributed by atoms with Gasteiger partial charge < -0.3 is 15.2 Å². The van der Waals surface area contributed by atoms with E-state index in [1.54, 1.807) is 43.8 Å². The maximum Gasteiger partial charge on any atom is 0.321 e. The lowest BCUT2D eigenvalue weighted by molar-refractivity contribution is 0.368. The molecule has 0 unspecified atom stereocenters. The molecule has 1 aromatic carbocycles. The molecule has 1 heterocycles. The highest BCUT2D eigenvalue weighted by atomic mass is 16.5. The van der Waals surface area contributed by atoms with Crippen LogP contribution >= 0.6 is 0 Å². The van der Waals surface area contributed by atoms with Crippen LogP contribution in [0.15, 0.2) is 36.7 Å². The number of rotatable bonds is 3. The number of ether oxygens (including phenoxy) is 2. The predicted octanol–water partition coefficient (Wildman–Crippen LogP) is 1.86. The molecular weight excluding hydrogens is 206 g/mol. The second-order valence-electron chi connectivity index (χ2n) is 3.04.